The molecule has 1 N–H and O–H groups in total. The van der Waals surface area contributed by atoms with E-state index in [1.807, 2.05) is 32.9 Å². The minimum Gasteiger partial charge on any atom is -0.379 e. The summed E-state index contributed by atoms with van der Waals surface area (Å²) in [6.07, 6.45) is 0. The van der Waals surface area contributed by atoms with Gasteiger partial charge in [0.1, 0.15) is 0 Å². The van der Waals surface area contributed by atoms with Gasteiger partial charge in [0.2, 0.25) is 10.0 Å². The Morgan fingerprint density at radius 1 is 1.00 bits per heavy atom. The van der Waals surface area contributed by atoms with Crippen molar-refractivity contribution in [1.29, 1.82) is 0 Å². The summed E-state index contributed by atoms with van der Waals surface area (Å²) in [4.78, 5) is 13.1. The third-order valence-corrected chi connectivity index (χ3v) is 7.33. The Morgan fingerprint density at radius 3 is 2.31 bits per heavy atom. The van der Waals surface area contributed by atoms with E-state index in [0.717, 1.165) is 11.1 Å². The monoisotopic (exact) mass is 416 g/mol. The summed E-state index contributed by atoms with van der Waals surface area (Å²) in [5.74, 6) is -0.285. The van der Waals surface area contributed by atoms with E-state index in [-0.39, 0.29) is 16.8 Å². The van der Waals surface area contributed by atoms with Gasteiger partial charge in [-0.2, -0.15) is 4.31 Å². The van der Waals surface area contributed by atoms with Gasteiger partial charge in [-0.3, -0.25) is 4.79 Å². The van der Waals surface area contributed by atoms with Crippen LogP contribution in [0.2, 0.25) is 0 Å². The van der Waals surface area contributed by atoms with E-state index in [1.54, 1.807) is 19.1 Å². The lowest BCUT2D eigenvalue weighted by Crippen LogP contribution is -2.40. The van der Waals surface area contributed by atoms with Gasteiger partial charge in [0, 0.05) is 18.7 Å². The van der Waals surface area contributed by atoms with Crippen LogP contribution in [0, 0.1) is 20.8 Å². The molecule has 1 saturated heterocycles. The molecule has 1 heterocycles. The van der Waals surface area contributed by atoms with E-state index in [0.29, 0.717) is 31.9 Å². The lowest BCUT2D eigenvalue weighted by molar-refractivity contribution is 0.0730. The highest BCUT2D eigenvalue weighted by Crippen LogP contribution is 2.22. The number of nitrogens with one attached hydrogen (secondary N) is 1. The number of morpholine rings is 1. The van der Waals surface area contributed by atoms with Crippen LogP contribution in [0.5, 0.6) is 0 Å². The smallest absolute Gasteiger partial charge is 0.252 e. The van der Waals surface area contributed by atoms with Crippen molar-refractivity contribution in [2.75, 3.05) is 26.3 Å². The average molecular weight is 417 g/mol. The van der Waals surface area contributed by atoms with Crippen LogP contribution in [0.25, 0.3) is 0 Å². The number of benzene rings is 2. The van der Waals surface area contributed by atoms with Crippen molar-refractivity contribution < 1.29 is 17.9 Å². The van der Waals surface area contributed by atoms with Crippen molar-refractivity contribution in [3.63, 3.8) is 0 Å². The van der Waals surface area contributed by atoms with Gasteiger partial charge in [-0.15, -0.1) is 0 Å². The third-order valence-electron chi connectivity index (χ3n) is 5.44. The highest BCUT2D eigenvalue weighted by molar-refractivity contribution is 7.89. The number of sulfonamides is 1. The van der Waals surface area contributed by atoms with Crippen LogP contribution in [0.3, 0.4) is 0 Å². The summed E-state index contributed by atoms with van der Waals surface area (Å²) in [5.41, 5.74) is 4.48. The molecule has 1 atom stereocenters. The molecule has 2 aromatic carbocycles. The van der Waals surface area contributed by atoms with E-state index in [1.165, 1.54) is 21.5 Å². The molecule has 6 nitrogen and oxygen atoms in total. The predicted octanol–water partition coefficient (Wildman–Crippen LogP) is 3.12. The van der Waals surface area contributed by atoms with Crippen LogP contribution in [-0.2, 0) is 14.8 Å². The van der Waals surface area contributed by atoms with Crippen molar-refractivity contribution in [1.82, 2.24) is 9.62 Å². The summed E-state index contributed by atoms with van der Waals surface area (Å²) in [6.45, 7) is 9.22. The van der Waals surface area contributed by atoms with E-state index in [4.69, 9.17) is 4.74 Å². The molecule has 7 heteroatoms. The molecular formula is C22H28N2O4S. The SMILES string of the molecule is Cc1ccc(C(C)NC(=O)c2cc(S(=O)(=O)N3CCOCC3)ccc2C)cc1C. The Bertz CT molecular complexity index is 1010. The van der Waals surface area contributed by atoms with Crippen LogP contribution >= 0.6 is 0 Å². The predicted molar refractivity (Wildman–Crippen MR) is 113 cm³/mol. The highest BCUT2D eigenvalue weighted by Gasteiger charge is 2.27. The molecule has 29 heavy (non-hydrogen) atoms. The van der Waals surface area contributed by atoms with Crippen LogP contribution < -0.4 is 5.32 Å². The zero-order chi connectivity index (χ0) is 21.2. The first-order valence-electron chi connectivity index (χ1n) is 9.76. The number of aryl methyl sites for hydroxylation is 3. The first-order valence-corrected chi connectivity index (χ1v) is 11.2. The fraction of sp³-hybridized carbons (Fsp3) is 0.409. The van der Waals surface area contributed by atoms with Crippen LogP contribution in [-0.4, -0.2) is 44.9 Å². The summed E-state index contributed by atoms with van der Waals surface area (Å²) in [7, 11) is -3.65. The van der Waals surface area contributed by atoms with Gasteiger partial charge in [0.25, 0.3) is 5.91 Å². The summed E-state index contributed by atoms with van der Waals surface area (Å²) in [6, 6.07) is 10.6. The Kier molecular flexibility index (Phi) is 6.41. The van der Waals surface area contributed by atoms with Crippen molar-refractivity contribution in [3.8, 4) is 0 Å². The molecule has 0 bridgehead atoms. The Labute approximate surface area is 172 Å². The molecule has 0 aromatic heterocycles. The fourth-order valence-electron chi connectivity index (χ4n) is 3.33. The van der Waals surface area contributed by atoms with Crippen LogP contribution in [0.15, 0.2) is 41.3 Å². The van der Waals surface area contributed by atoms with E-state index < -0.39 is 10.0 Å². The topological polar surface area (TPSA) is 75.7 Å². The first-order chi connectivity index (χ1) is 13.7. The van der Waals surface area contributed by atoms with Gasteiger partial charge >= 0.3 is 0 Å². The van der Waals surface area contributed by atoms with Crippen LogP contribution in [0.1, 0.15) is 45.6 Å². The minimum atomic E-state index is -3.65. The van der Waals surface area contributed by atoms with Gasteiger partial charge in [0.15, 0.2) is 0 Å². The van der Waals surface area contributed by atoms with E-state index in [9.17, 15) is 13.2 Å². The normalized spacial score (nSPS) is 16.4. The second kappa shape index (κ2) is 8.65. The van der Waals surface area contributed by atoms with Gasteiger partial charge in [-0.25, -0.2) is 8.42 Å². The fourth-order valence-corrected chi connectivity index (χ4v) is 4.77. The zero-order valence-corrected chi connectivity index (χ0v) is 18.2. The molecular weight excluding hydrogens is 388 g/mol. The van der Waals surface area contributed by atoms with Crippen molar-refractivity contribution in [3.05, 3.63) is 64.2 Å². The maximum absolute atomic E-state index is 12.9. The first kappa shape index (κ1) is 21.5. The number of ether oxygens (including phenoxy) is 1. The summed E-state index contributed by atoms with van der Waals surface area (Å²) in [5, 5.41) is 2.99. The van der Waals surface area contributed by atoms with Crippen molar-refractivity contribution in [2.24, 2.45) is 0 Å². The minimum absolute atomic E-state index is 0.133. The molecule has 1 fully saturated rings. The molecule has 1 amide bonds. The lowest BCUT2D eigenvalue weighted by atomic mass is 10.0. The van der Waals surface area contributed by atoms with Crippen LogP contribution in [0.4, 0.5) is 0 Å². The standard InChI is InChI=1S/C22H28N2O4S/c1-15-5-7-19(13-17(15)3)18(4)23-22(25)21-14-20(8-6-16(21)2)29(26,27)24-9-11-28-12-10-24/h5-8,13-14,18H,9-12H2,1-4H3,(H,23,25). The Hall–Kier alpha value is -2.22. The molecule has 0 radical (unpaired) electrons. The van der Waals surface area contributed by atoms with Gasteiger partial charge in [0.05, 0.1) is 24.2 Å². The summed E-state index contributed by atoms with van der Waals surface area (Å²) < 4.78 is 32.5. The third kappa shape index (κ3) is 4.69. The Balaban J connectivity index is 1.83. The number of carbonyl (C=O) groups excluding carboxylic acids is 1. The molecule has 0 aliphatic carbocycles. The molecule has 0 saturated carbocycles. The number of hydrogen-bond acceptors (Lipinski definition) is 4. The van der Waals surface area contributed by atoms with Gasteiger partial charge in [-0.05, 0) is 62.1 Å². The molecule has 3 rings (SSSR count). The number of amides is 1. The second-order valence-corrected chi connectivity index (χ2v) is 9.47. The second-order valence-electron chi connectivity index (χ2n) is 7.53. The van der Waals surface area contributed by atoms with Gasteiger partial charge < -0.3 is 10.1 Å². The maximum Gasteiger partial charge on any atom is 0.252 e. The molecule has 0 spiro atoms. The molecule has 1 aliphatic rings. The molecule has 2 aromatic rings. The largest absolute Gasteiger partial charge is 0.379 e. The van der Waals surface area contributed by atoms with E-state index >= 15 is 0 Å². The summed E-state index contributed by atoms with van der Waals surface area (Å²) >= 11 is 0. The lowest BCUT2D eigenvalue weighted by Gasteiger charge is -2.26. The number of carbonyl (C=O) groups is 1. The van der Waals surface area contributed by atoms with Crippen molar-refractivity contribution in [2.45, 2.75) is 38.6 Å². The zero-order valence-electron chi connectivity index (χ0n) is 17.4. The quantitative estimate of drug-likeness (QED) is 0.813. The molecule has 1 unspecified atom stereocenters. The van der Waals surface area contributed by atoms with Crippen molar-refractivity contribution >= 4 is 15.9 Å². The van der Waals surface area contributed by atoms with E-state index in [2.05, 4.69) is 11.4 Å². The van der Waals surface area contributed by atoms with Gasteiger partial charge in [-0.1, -0.05) is 24.3 Å². The number of hydrogen-bond donors (Lipinski definition) is 1. The maximum atomic E-state index is 12.9. The molecule has 1 aliphatic heterocycles. The molecule has 156 valence electrons. The Morgan fingerprint density at radius 2 is 1.66 bits per heavy atom. The number of nitrogens with zero attached hydrogens (tertiary/aromatic N) is 1. The average Bonchev–Trinajstić information content (AvgIpc) is 2.70. The number of rotatable bonds is 5. The highest BCUT2D eigenvalue weighted by atomic mass is 32.2.